The number of carbonyl (C=O) groups is 6. The number of fused-ring (bicyclic) bond motifs is 6. The molecule has 91 heavy (non-hydrogen) atoms. The Kier molecular flexibility index (Phi) is 13.9. The number of hydrogen-bond acceptors (Lipinski definition) is 13. The van der Waals surface area contributed by atoms with Crippen molar-refractivity contribution >= 4 is 110 Å². The fraction of sp³-hybridized carbons (Fsp3) is 0.145. The Labute approximate surface area is 522 Å². The summed E-state index contributed by atoms with van der Waals surface area (Å²) in [7, 11) is 0. The summed E-state index contributed by atoms with van der Waals surface area (Å²) in [6.07, 6.45) is 15.7. The highest BCUT2D eigenvalue weighted by Crippen LogP contribution is 2.58. The van der Waals surface area contributed by atoms with Crippen molar-refractivity contribution in [3.8, 4) is 11.4 Å². The van der Waals surface area contributed by atoms with E-state index in [0.29, 0.717) is 49.9 Å². The van der Waals surface area contributed by atoms with Crippen LogP contribution < -0.4 is 30.7 Å². The number of hydrogen-bond donors (Lipinski definition) is 3. The molecule has 0 bridgehead atoms. The number of nitrogens with one attached hydrogen (secondary N) is 3. The molecule has 3 aromatic carbocycles. The van der Waals surface area contributed by atoms with Crippen LogP contribution in [0.4, 0.5) is 78.7 Å². The lowest BCUT2D eigenvalue weighted by Crippen LogP contribution is -2.31. The maximum Gasteiger partial charge on any atom is 0.260 e. The van der Waals surface area contributed by atoms with Crippen molar-refractivity contribution in [2.45, 2.75) is 55.1 Å². The summed E-state index contributed by atoms with van der Waals surface area (Å²) in [5, 5.41) is 7.42. The number of imidazole rings is 3. The van der Waals surface area contributed by atoms with E-state index in [1.54, 1.807) is 105 Å². The second-order valence-electron chi connectivity index (χ2n) is 21.7. The molecule has 0 radical (unpaired) electrons. The highest BCUT2D eigenvalue weighted by atomic mass is 127. The van der Waals surface area contributed by atoms with Crippen molar-refractivity contribution in [3.63, 3.8) is 0 Å². The van der Waals surface area contributed by atoms with Gasteiger partial charge in [-0.25, -0.2) is 70.9 Å². The van der Waals surface area contributed by atoms with Gasteiger partial charge in [0.1, 0.15) is 54.8 Å². The molecule has 6 aliphatic rings. The molecule has 3 spiro atoms. The molecule has 10 heterocycles. The summed E-state index contributed by atoms with van der Waals surface area (Å²) >= 11 is 2.04. The second-order valence-corrected chi connectivity index (χ2v) is 22.8. The molecule has 3 fully saturated rings. The van der Waals surface area contributed by atoms with Crippen LogP contribution in [0, 0.1) is 38.6 Å². The number of pyridine rings is 4. The molecule has 29 heteroatoms. The predicted molar refractivity (Wildman–Crippen MR) is 321 cm³/mol. The highest BCUT2D eigenvalue weighted by Gasteiger charge is 2.64. The van der Waals surface area contributed by atoms with Crippen LogP contribution in [0.2, 0.25) is 0 Å². The van der Waals surface area contributed by atoms with Crippen molar-refractivity contribution in [1.82, 2.24) is 48.6 Å². The van der Waals surface area contributed by atoms with E-state index < -0.39 is 104 Å². The van der Waals surface area contributed by atoms with Gasteiger partial charge in [-0.1, -0.05) is 24.3 Å². The van der Waals surface area contributed by atoms with E-state index in [1.165, 1.54) is 24.8 Å². The molecule has 0 atom stereocenters. The summed E-state index contributed by atoms with van der Waals surface area (Å²) in [5.41, 5.74) is -3.66. The molecule has 3 aliphatic heterocycles. The number of rotatable bonds is 10. The molecule has 16 rings (SSSR count). The van der Waals surface area contributed by atoms with E-state index in [-0.39, 0.29) is 52.0 Å². The lowest BCUT2D eigenvalue weighted by Gasteiger charge is -2.17. The van der Waals surface area contributed by atoms with Gasteiger partial charge < -0.3 is 20.5 Å². The lowest BCUT2D eigenvalue weighted by atomic mass is 10.1. The smallest absolute Gasteiger partial charge is 0.260 e. The molecule has 3 aliphatic carbocycles. The quantitative estimate of drug-likeness (QED) is 0.0852. The largest absolute Gasteiger partial charge is 0.307 e. The topological polar surface area (TPSA) is 253 Å². The van der Waals surface area contributed by atoms with Crippen molar-refractivity contribution in [2.75, 3.05) is 30.7 Å². The maximum atomic E-state index is 15.3. The first-order valence-electron chi connectivity index (χ1n) is 27.9. The first-order chi connectivity index (χ1) is 43.9. The fourth-order valence-electron chi connectivity index (χ4n) is 11.4. The van der Waals surface area contributed by atoms with Gasteiger partial charge in [-0.2, -0.15) is 0 Å². The SMILES string of the molecule is O=C(Nc1ccccn1)c1cc(F)c(N2C(=O)C3(CC3)n3c(-c4ccccn4)cnc32)c(F)c1.O=C(Nc1ccccn1)c1cc(F)c(N2C(=O)C3(CC3)n3c(I)cnc32)c(F)c1.O=C(Nc1ccccn1)c1cc(F)c(N2C(=O)C3(CC3)n3ccnc32)c(F)c1. The summed E-state index contributed by atoms with van der Waals surface area (Å²) < 4.78 is 95.9. The first-order valence-corrected chi connectivity index (χ1v) is 29.0. The van der Waals surface area contributed by atoms with Crippen LogP contribution in [0.1, 0.15) is 69.6 Å². The number of anilines is 9. The zero-order valence-electron chi connectivity index (χ0n) is 46.7. The van der Waals surface area contributed by atoms with Gasteiger partial charge in [-0.3, -0.25) is 42.9 Å². The molecule has 10 aromatic rings. The monoisotopic (exact) mass is 1350 g/mol. The molecule has 22 nitrogen and oxygen atoms in total. The van der Waals surface area contributed by atoms with E-state index in [9.17, 15) is 46.3 Å². The molecular formula is C62H41F6IN16O6. The average Bonchev–Trinajstić information content (AvgIpc) is 1.54. The van der Waals surface area contributed by atoms with Crippen LogP contribution in [-0.4, -0.2) is 84.0 Å². The molecular weight excluding hydrogens is 1310 g/mol. The summed E-state index contributed by atoms with van der Waals surface area (Å²) in [4.78, 5) is 108. The van der Waals surface area contributed by atoms with Crippen molar-refractivity contribution in [1.29, 1.82) is 0 Å². The van der Waals surface area contributed by atoms with Gasteiger partial charge >= 0.3 is 0 Å². The van der Waals surface area contributed by atoms with Gasteiger partial charge in [0.15, 0.2) is 34.9 Å². The minimum atomic E-state index is -1.05. The van der Waals surface area contributed by atoms with Crippen LogP contribution in [0.15, 0.2) is 159 Å². The van der Waals surface area contributed by atoms with Crippen LogP contribution in [0.5, 0.6) is 0 Å². The van der Waals surface area contributed by atoms with Gasteiger partial charge in [0.05, 0.1) is 23.8 Å². The Morgan fingerprint density at radius 3 is 1.16 bits per heavy atom. The van der Waals surface area contributed by atoms with Crippen LogP contribution in [0.3, 0.4) is 0 Å². The summed E-state index contributed by atoms with van der Waals surface area (Å²) in [6, 6.07) is 25.4. The molecule has 0 saturated heterocycles. The minimum Gasteiger partial charge on any atom is -0.307 e. The summed E-state index contributed by atoms with van der Waals surface area (Å²) in [5.74, 6) is -8.41. The van der Waals surface area contributed by atoms with Crippen LogP contribution in [0.25, 0.3) is 11.4 Å². The summed E-state index contributed by atoms with van der Waals surface area (Å²) in [6.45, 7) is 0. The maximum absolute atomic E-state index is 15.3. The van der Waals surface area contributed by atoms with Crippen LogP contribution >= 0.6 is 22.6 Å². The van der Waals surface area contributed by atoms with Crippen molar-refractivity contribution in [2.24, 2.45) is 0 Å². The normalized spacial score (nSPS) is 16.0. The number of aromatic nitrogens is 10. The van der Waals surface area contributed by atoms with E-state index in [1.807, 2.05) is 28.7 Å². The van der Waals surface area contributed by atoms with Gasteiger partial charge in [0.2, 0.25) is 17.8 Å². The van der Waals surface area contributed by atoms with Gasteiger partial charge in [-0.15, -0.1) is 0 Å². The van der Waals surface area contributed by atoms with Gasteiger partial charge in [0.25, 0.3) is 35.4 Å². The third-order valence-corrected chi connectivity index (χ3v) is 16.9. The van der Waals surface area contributed by atoms with Gasteiger partial charge in [-0.05, 0) is 146 Å². The third kappa shape index (κ3) is 9.68. The Morgan fingerprint density at radius 1 is 0.418 bits per heavy atom. The van der Waals surface area contributed by atoms with E-state index in [0.717, 1.165) is 54.8 Å². The Balaban J connectivity index is 0.000000120. The third-order valence-electron chi connectivity index (χ3n) is 16.1. The van der Waals surface area contributed by atoms with Crippen molar-refractivity contribution in [3.05, 3.63) is 214 Å². The number of nitrogens with zero attached hydrogens (tertiary/aromatic N) is 13. The van der Waals surface area contributed by atoms with E-state index in [2.05, 4.69) is 50.8 Å². The predicted octanol–water partition coefficient (Wildman–Crippen LogP) is 10.6. The lowest BCUT2D eigenvalue weighted by molar-refractivity contribution is -0.121. The molecule has 6 amide bonds. The Hall–Kier alpha value is -11.0. The number of benzene rings is 3. The Bertz CT molecular complexity index is 4610. The first kappa shape index (κ1) is 57.7. The average molecular weight is 1350 g/mol. The van der Waals surface area contributed by atoms with E-state index in [4.69, 9.17) is 0 Å². The molecule has 3 N–H and O–H groups in total. The highest BCUT2D eigenvalue weighted by molar-refractivity contribution is 14.1. The Morgan fingerprint density at radius 2 is 0.780 bits per heavy atom. The molecule has 0 unspecified atom stereocenters. The van der Waals surface area contributed by atoms with Crippen LogP contribution in [-0.2, 0) is 31.0 Å². The zero-order chi connectivity index (χ0) is 63.3. The van der Waals surface area contributed by atoms with E-state index >= 15 is 8.78 Å². The van der Waals surface area contributed by atoms with Gasteiger partial charge in [0, 0.05) is 53.9 Å². The standard InChI is InChI=1S/C24H16F2N6O2.C19H12F2IN5O2.C19H13F2N5O2/c25-15-11-14(21(33)30-19-6-2-4-10-28-19)12-16(26)20(15)31-22(34)24(7-8-24)32-18(13-29-23(31)32)17-5-1-3-9-27-17;20-11-7-10(16(28)25-14-3-1-2-6-23-14)8-12(21)15(11)26-17(29)19(4-5-19)27-13(22)9-24-18(26)27;20-12-9-11(16(27)24-14-3-1-2-6-22-14)10-13(21)15(12)26-17(28)19(4-5-19)25-8-7-23-18(25)26/h1-6,9-13H,7-8H2,(H,28,30,33);1-3,6-9H,4-5H2,(H,23,25,28);1-3,6-10H,4-5H2,(H,22,24,27). The molecule has 7 aromatic heterocycles. The number of carbonyl (C=O) groups excluding carboxylic acids is 6. The van der Waals surface area contributed by atoms with Crippen molar-refractivity contribution < 1.29 is 55.1 Å². The molecule has 3 saturated carbocycles. The zero-order valence-corrected chi connectivity index (χ0v) is 48.8. The molecule has 454 valence electrons. The second kappa shape index (κ2) is 22.0. The number of halogens is 7. The minimum absolute atomic E-state index is 0.117. The number of amides is 6. The fourth-order valence-corrected chi connectivity index (χ4v) is 12.2.